The predicted octanol–water partition coefficient (Wildman–Crippen LogP) is 2.63. The first-order valence-corrected chi connectivity index (χ1v) is 7.84. The van der Waals surface area contributed by atoms with Crippen LogP contribution in [0.3, 0.4) is 0 Å². The Morgan fingerprint density at radius 2 is 2.10 bits per heavy atom. The second kappa shape index (κ2) is 5.76. The van der Waals surface area contributed by atoms with Crippen LogP contribution in [0.5, 0.6) is 0 Å². The molecule has 1 amide bonds. The third-order valence-electron chi connectivity index (χ3n) is 3.50. The molecule has 0 saturated carbocycles. The molecular weight excluding hydrogens is 405 g/mol. The van der Waals surface area contributed by atoms with Gasteiger partial charge in [-0.05, 0) is 47.1 Å². The molecule has 1 aromatic heterocycles. The molecule has 0 radical (unpaired) electrons. The number of para-hydroxylation sites is 1. The van der Waals surface area contributed by atoms with Crippen LogP contribution in [0, 0.1) is 3.57 Å². The van der Waals surface area contributed by atoms with Crippen LogP contribution in [0.2, 0.25) is 5.15 Å². The first-order chi connectivity index (χ1) is 10.1. The number of rotatable bonds is 1. The normalized spacial score (nSPS) is 17.8. The van der Waals surface area contributed by atoms with Crippen LogP contribution in [0.15, 0.2) is 35.4 Å². The predicted molar refractivity (Wildman–Crippen MR) is 88.7 cm³/mol. The van der Waals surface area contributed by atoms with Gasteiger partial charge in [-0.1, -0.05) is 29.8 Å². The number of anilines is 1. The van der Waals surface area contributed by atoms with E-state index >= 15 is 0 Å². The summed E-state index contributed by atoms with van der Waals surface area (Å²) in [6.45, 7) is 0. The number of carbonyl (C=O) groups is 1. The van der Waals surface area contributed by atoms with E-state index in [0.717, 1.165) is 11.3 Å². The zero-order valence-electron chi connectivity index (χ0n) is 10.8. The highest BCUT2D eigenvalue weighted by Gasteiger charge is 2.26. The SMILES string of the molecule is O=C1Nc2ccccc2CCC1n1cnc(Cl)c(I)c1=O. The number of amides is 1. The fourth-order valence-corrected chi connectivity index (χ4v) is 2.95. The average molecular weight is 416 g/mol. The number of hydrogen-bond acceptors (Lipinski definition) is 3. The van der Waals surface area contributed by atoms with Gasteiger partial charge in [0.25, 0.3) is 5.56 Å². The number of halogens is 2. The number of nitrogens with one attached hydrogen (secondary N) is 1. The van der Waals surface area contributed by atoms with Crippen molar-refractivity contribution >= 4 is 45.8 Å². The Kier molecular flexibility index (Phi) is 3.99. The lowest BCUT2D eigenvalue weighted by Gasteiger charge is -2.16. The molecule has 0 saturated heterocycles. The van der Waals surface area contributed by atoms with Crippen molar-refractivity contribution < 1.29 is 4.79 Å². The zero-order chi connectivity index (χ0) is 15.0. The fraction of sp³-hybridized carbons (Fsp3) is 0.214. The Balaban J connectivity index is 2.00. The highest BCUT2D eigenvalue weighted by Crippen LogP contribution is 2.26. The Labute approximate surface area is 139 Å². The van der Waals surface area contributed by atoms with Crippen LogP contribution in [-0.2, 0) is 11.2 Å². The lowest BCUT2D eigenvalue weighted by molar-refractivity contribution is -0.119. The Bertz CT molecular complexity index is 775. The molecular formula is C14H11ClIN3O2. The van der Waals surface area contributed by atoms with Crippen molar-refractivity contribution in [1.29, 1.82) is 0 Å². The second-order valence-corrected chi connectivity index (χ2v) is 6.20. The van der Waals surface area contributed by atoms with E-state index in [1.807, 2.05) is 46.9 Å². The van der Waals surface area contributed by atoms with Crippen molar-refractivity contribution in [2.75, 3.05) is 5.32 Å². The van der Waals surface area contributed by atoms with E-state index in [0.29, 0.717) is 16.4 Å². The maximum atomic E-state index is 12.4. The van der Waals surface area contributed by atoms with Crippen molar-refractivity contribution in [3.63, 3.8) is 0 Å². The molecule has 1 aliphatic heterocycles. The monoisotopic (exact) mass is 415 g/mol. The summed E-state index contributed by atoms with van der Waals surface area (Å²) in [6, 6.07) is 7.07. The Morgan fingerprint density at radius 3 is 2.90 bits per heavy atom. The molecule has 21 heavy (non-hydrogen) atoms. The van der Waals surface area contributed by atoms with Crippen molar-refractivity contribution in [3.8, 4) is 0 Å². The molecule has 108 valence electrons. The summed E-state index contributed by atoms with van der Waals surface area (Å²) >= 11 is 7.68. The van der Waals surface area contributed by atoms with Crippen LogP contribution in [-0.4, -0.2) is 15.5 Å². The number of hydrogen-bond donors (Lipinski definition) is 1. The van der Waals surface area contributed by atoms with E-state index in [2.05, 4.69) is 10.3 Å². The molecule has 1 atom stereocenters. The second-order valence-electron chi connectivity index (χ2n) is 4.76. The molecule has 0 fully saturated rings. The maximum absolute atomic E-state index is 12.4. The van der Waals surface area contributed by atoms with E-state index in [4.69, 9.17) is 11.6 Å². The third kappa shape index (κ3) is 2.69. The highest BCUT2D eigenvalue weighted by atomic mass is 127. The van der Waals surface area contributed by atoms with Gasteiger partial charge in [-0.2, -0.15) is 0 Å². The fourth-order valence-electron chi connectivity index (χ4n) is 2.41. The molecule has 1 aliphatic rings. The summed E-state index contributed by atoms with van der Waals surface area (Å²) in [5.41, 5.74) is 1.58. The van der Waals surface area contributed by atoms with Crippen LogP contribution in [0.4, 0.5) is 5.69 Å². The average Bonchev–Trinajstić information content (AvgIpc) is 2.64. The molecule has 3 rings (SSSR count). The number of nitrogens with zero attached hydrogens (tertiary/aromatic N) is 2. The van der Waals surface area contributed by atoms with Crippen molar-refractivity contribution in [2.24, 2.45) is 0 Å². The van der Waals surface area contributed by atoms with Gasteiger partial charge in [0.1, 0.15) is 21.1 Å². The van der Waals surface area contributed by atoms with E-state index in [9.17, 15) is 9.59 Å². The minimum absolute atomic E-state index is 0.161. The van der Waals surface area contributed by atoms with E-state index in [1.54, 1.807) is 0 Å². The lowest BCUT2D eigenvalue weighted by atomic mass is 10.1. The minimum Gasteiger partial charge on any atom is -0.324 e. The van der Waals surface area contributed by atoms with Crippen LogP contribution in [0.25, 0.3) is 0 Å². The molecule has 2 heterocycles. The van der Waals surface area contributed by atoms with Gasteiger partial charge in [-0.3, -0.25) is 14.2 Å². The molecule has 0 aliphatic carbocycles. The summed E-state index contributed by atoms with van der Waals surface area (Å²) in [6.07, 6.45) is 2.60. The molecule has 5 nitrogen and oxygen atoms in total. The number of benzene rings is 1. The number of aryl methyl sites for hydroxylation is 1. The number of aromatic nitrogens is 2. The molecule has 0 spiro atoms. The summed E-state index contributed by atoms with van der Waals surface area (Å²) in [4.78, 5) is 28.6. The van der Waals surface area contributed by atoms with E-state index in [1.165, 1.54) is 10.9 Å². The zero-order valence-corrected chi connectivity index (χ0v) is 13.8. The topological polar surface area (TPSA) is 64.0 Å². The molecule has 1 aromatic carbocycles. The first-order valence-electron chi connectivity index (χ1n) is 6.39. The first kappa shape index (κ1) is 14.5. The highest BCUT2D eigenvalue weighted by molar-refractivity contribution is 14.1. The standard InChI is InChI=1S/C14H11ClIN3O2/c15-12-11(16)14(21)19(7-17-12)10-6-5-8-3-1-2-4-9(8)18-13(10)20/h1-4,7,10H,5-6H2,(H,18,20). The van der Waals surface area contributed by atoms with Gasteiger partial charge >= 0.3 is 0 Å². The van der Waals surface area contributed by atoms with E-state index < -0.39 is 6.04 Å². The summed E-state index contributed by atoms with van der Waals surface area (Å²) < 4.78 is 1.68. The molecule has 1 unspecified atom stereocenters. The van der Waals surface area contributed by atoms with Gasteiger partial charge < -0.3 is 5.32 Å². The van der Waals surface area contributed by atoms with Crippen molar-refractivity contribution in [1.82, 2.24) is 9.55 Å². The van der Waals surface area contributed by atoms with Gasteiger partial charge in [0.2, 0.25) is 5.91 Å². The van der Waals surface area contributed by atoms with Gasteiger partial charge in [0.15, 0.2) is 0 Å². The number of carbonyl (C=O) groups excluding carboxylic acids is 1. The quantitative estimate of drug-likeness (QED) is 0.575. The number of fused-ring (bicyclic) bond motifs is 1. The van der Waals surface area contributed by atoms with Gasteiger partial charge in [0.05, 0.1) is 0 Å². The Hall–Kier alpha value is -1.41. The van der Waals surface area contributed by atoms with Gasteiger partial charge in [-0.25, -0.2) is 4.98 Å². The van der Waals surface area contributed by atoms with Gasteiger partial charge in [-0.15, -0.1) is 0 Å². The van der Waals surface area contributed by atoms with Crippen LogP contribution >= 0.6 is 34.2 Å². The molecule has 2 aromatic rings. The van der Waals surface area contributed by atoms with Crippen LogP contribution < -0.4 is 10.9 Å². The lowest BCUT2D eigenvalue weighted by Crippen LogP contribution is -2.34. The summed E-state index contributed by atoms with van der Waals surface area (Å²) in [5, 5.41) is 3.03. The van der Waals surface area contributed by atoms with E-state index in [-0.39, 0.29) is 16.6 Å². The minimum atomic E-state index is -0.580. The largest absolute Gasteiger partial charge is 0.324 e. The molecule has 0 bridgehead atoms. The van der Waals surface area contributed by atoms with Crippen LogP contribution in [0.1, 0.15) is 18.0 Å². The Morgan fingerprint density at radius 1 is 1.33 bits per heavy atom. The molecule has 1 N–H and O–H groups in total. The summed E-state index contributed by atoms with van der Waals surface area (Å²) in [5.74, 6) is -0.207. The van der Waals surface area contributed by atoms with Crippen molar-refractivity contribution in [2.45, 2.75) is 18.9 Å². The van der Waals surface area contributed by atoms with Gasteiger partial charge in [0, 0.05) is 5.69 Å². The third-order valence-corrected chi connectivity index (χ3v) is 5.08. The smallest absolute Gasteiger partial charge is 0.269 e. The maximum Gasteiger partial charge on any atom is 0.269 e. The summed E-state index contributed by atoms with van der Waals surface area (Å²) in [7, 11) is 0. The van der Waals surface area contributed by atoms with Crippen molar-refractivity contribution in [3.05, 3.63) is 55.2 Å². The molecule has 7 heteroatoms.